The number of anilines is 1. The molecule has 1 N–H and O–H groups in total. The highest BCUT2D eigenvalue weighted by atomic mass is 16.5. The fraction of sp³-hybridized carbons (Fsp3) is 0.350. The number of aromatic nitrogens is 2. The number of pyridine rings is 1. The fourth-order valence-corrected chi connectivity index (χ4v) is 3.23. The lowest BCUT2D eigenvalue weighted by Gasteiger charge is -2.27. The molecule has 0 radical (unpaired) electrons. The number of amides is 1. The molecule has 1 fully saturated rings. The van der Waals surface area contributed by atoms with Crippen molar-refractivity contribution in [3.63, 3.8) is 0 Å². The van der Waals surface area contributed by atoms with Crippen LogP contribution in [0.2, 0.25) is 0 Å². The van der Waals surface area contributed by atoms with E-state index < -0.39 is 5.76 Å². The van der Waals surface area contributed by atoms with Gasteiger partial charge >= 0.3 is 5.76 Å². The number of aryl methyl sites for hydroxylation is 1. The third-order valence-corrected chi connectivity index (χ3v) is 4.77. The molecule has 1 aromatic carbocycles. The van der Waals surface area contributed by atoms with E-state index in [1.807, 2.05) is 18.2 Å². The molecule has 0 bridgehead atoms. The summed E-state index contributed by atoms with van der Waals surface area (Å²) in [6.45, 7) is 3.78. The summed E-state index contributed by atoms with van der Waals surface area (Å²) in [5.74, 6) is 0.343. The van der Waals surface area contributed by atoms with Gasteiger partial charge in [0.1, 0.15) is 5.82 Å². The number of oxazole rings is 1. The first-order valence-corrected chi connectivity index (χ1v) is 9.33. The Morgan fingerprint density at radius 3 is 2.75 bits per heavy atom. The molecule has 146 valence electrons. The molecular formula is C20H22N4O4. The van der Waals surface area contributed by atoms with Crippen molar-refractivity contribution in [1.29, 1.82) is 0 Å². The Morgan fingerprint density at radius 1 is 1.14 bits per heavy atom. The third-order valence-electron chi connectivity index (χ3n) is 4.77. The molecule has 8 nitrogen and oxygen atoms in total. The Balaban J connectivity index is 1.29. The maximum absolute atomic E-state index is 12.2. The van der Waals surface area contributed by atoms with Crippen molar-refractivity contribution in [1.82, 2.24) is 14.9 Å². The number of morpholine rings is 1. The lowest BCUT2D eigenvalue weighted by molar-refractivity contribution is -0.121. The van der Waals surface area contributed by atoms with E-state index in [1.54, 1.807) is 24.4 Å². The van der Waals surface area contributed by atoms with Gasteiger partial charge in [-0.1, -0.05) is 18.2 Å². The van der Waals surface area contributed by atoms with Gasteiger partial charge in [0.15, 0.2) is 5.58 Å². The number of para-hydroxylation sites is 2. The summed E-state index contributed by atoms with van der Waals surface area (Å²) in [5, 5.41) is 2.87. The Kier molecular flexibility index (Phi) is 5.38. The van der Waals surface area contributed by atoms with Gasteiger partial charge in [-0.15, -0.1) is 0 Å². The van der Waals surface area contributed by atoms with E-state index in [1.165, 1.54) is 4.57 Å². The van der Waals surface area contributed by atoms with E-state index in [0.29, 0.717) is 30.9 Å². The maximum Gasteiger partial charge on any atom is 0.419 e. The van der Waals surface area contributed by atoms with Crippen LogP contribution in [-0.4, -0.2) is 41.8 Å². The molecule has 1 aliphatic rings. The Labute approximate surface area is 161 Å². The second-order valence-corrected chi connectivity index (χ2v) is 6.64. The van der Waals surface area contributed by atoms with Gasteiger partial charge < -0.3 is 19.4 Å². The standard InChI is InChI=1S/C20H22N4O4/c25-19(7-8-24-16-3-1-2-4-17(16)28-20(24)26)22-14-15-5-6-18(21-13-15)23-9-11-27-12-10-23/h1-6,13H,7-12,14H2,(H,22,25). The van der Waals surface area contributed by atoms with Crippen LogP contribution in [0.25, 0.3) is 11.1 Å². The number of nitrogens with zero attached hydrogens (tertiary/aromatic N) is 3. The zero-order valence-electron chi connectivity index (χ0n) is 15.5. The van der Waals surface area contributed by atoms with Crippen LogP contribution in [0.1, 0.15) is 12.0 Å². The van der Waals surface area contributed by atoms with E-state index in [9.17, 15) is 9.59 Å². The van der Waals surface area contributed by atoms with Crippen LogP contribution in [0.3, 0.4) is 0 Å². The molecule has 8 heteroatoms. The minimum Gasteiger partial charge on any atom is -0.408 e. The second-order valence-electron chi connectivity index (χ2n) is 6.64. The van der Waals surface area contributed by atoms with E-state index >= 15 is 0 Å². The van der Waals surface area contributed by atoms with Crippen molar-refractivity contribution in [3.8, 4) is 0 Å². The molecule has 1 amide bonds. The quantitative estimate of drug-likeness (QED) is 0.696. The van der Waals surface area contributed by atoms with Crippen molar-refractivity contribution >= 4 is 22.8 Å². The normalized spacial score (nSPS) is 14.4. The first-order valence-electron chi connectivity index (χ1n) is 9.33. The lowest BCUT2D eigenvalue weighted by atomic mass is 10.2. The number of rotatable bonds is 6. The van der Waals surface area contributed by atoms with Crippen LogP contribution in [0.4, 0.5) is 5.82 Å². The summed E-state index contributed by atoms with van der Waals surface area (Å²) in [5.41, 5.74) is 2.15. The highest BCUT2D eigenvalue weighted by Crippen LogP contribution is 2.14. The minimum atomic E-state index is -0.447. The maximum atomic E-state index is 12.2. The smallest absolute Gasteiger partial charge is 0.408 e. The van der Waals surface area contributed by atoms with Gasteiger partial charge in [-0.2, -0.15) is 0 Å². The zero-order valence-corrected chi connectivity index (χ0v) is 15.5. The number of fused-ring (bicyclic) bond motifs is 1. The fourth-order valence-electron chi connectivity index (χ4n) is 3.23. The molecule has 1 saturated heterocycles. The van der Waals surface area contributed by atoms with Gasteiger partial charge in [-0.25, -0.2) is 9.78 Å². The SMILES string of the molecule is O=C(CCn1c(=O)oc2ccccc21)NCc1ccc(N2CCOCC2)nc1. The van der Waals surface area contributed by atoms with Crippen molar-refractivity contribution in [3.05, 3.63) is 58.7 Å². The predicted molar refractivity (Wildman–Crippen MR) is 104 cm³/mol. The first-order chi connectivity index (χ1) is 13.7. The molecule has 0 saturated carbocycles. The van der Waals surface area contributed by atoms with Crippen LogP contribution in [0.15, 0.2) is 51.8 Å². The van der Waals surface area contributed by atoms with Crippen molar-refractivity contribution in [2.24, 2.45) is 0 Å². The molecule has 0 unspecified atom stereocenters. The molecule has 2 aromatic heterocycles. The van der Waals surface area contributed by atoms with Gasteiger partial charge in [-0.05, 0) is 23.8 Å². The average Bonchev–Trinajstić information content (AvgIpc) is 3.06. The topological polar surface area (TPSA) is 89.6 Å². The van der Waals surface area contributed by atoms with Gasteiger partial charge in [0.05, 0.1) is 18.7 Å². The van der Waals surface area contributed by atoms with E-state index in [2.05, 4.69) is 15.2 Å². The molecule has 3 aromatic rings. The molecule has 3 heterocycles. The summed E-state index contributed by atoms with van der Waals surface area (Å²) in [7, 11) is 0. The summed E-state index contributed by atoms with van der Waals surface area (Å²) in [6, 6.07) is 11.1. The van der Waals surface area contributed by atoms with Crippen molar-refractivity contribution < 1.29 is 13.9 Å². The van der Waals surface area contributed by atoms with Crippen LogP contribution in [0, 0.1) is 0 Å². The molecule has 0 spiro atoms. The Morgan fingerprint density at radius 2 is 1.96 bits per heavy atom. The zero-order chi connectivity index (χ0) is 19.3. The third kappa shape index (κ3) is 4.07. The van der Waals surface area contributed by atoms with Gasteiger partial charge in [-0.3, -0.25) is 9.36 Å². The number of carbonyl (C=O) groups is 1. The summed E-state index contributed by atoms with van der Waals surface area (Å²) >= 11 is 0. The van der Waals surface area contributed by atoms with Crippen LogP contribution in [0.5, 0.6) is 0 Å². The monoisotopic (exact) mass is 382 g/mol. The van der Waals surface area contributed by atoms with Crippen LogP contribution < -0.4 is 16.0 Å². The molecular weight excluding hydrogens is 360 g/mol. The molecule has 0 aliphatic carbocycles. The number of hydrogen-bond acceptors (Lipinski definition) is 6. The van der Waals surface area contributed by atoms with Crippen molar-refractivity contribution in [2.75, 3.05) is 31.2 Å². The number of nitrogens with one attached hydrogen (secondary N) is 1. The van der Waals surface area contributed by atoms with E-state index in [0.717, 1.165) is 24.5 Å². The molecule has 4 rings (SSSR count). The van der Waals surface area contributed by atoms with Crippen LogP contribution in [-0.2, 0) is 22.6 Å². The van der Waals surface area contributed by atoms with Crippen LogP contribution >= 0.6 is 0 Å². The largest absolute Gasteiger partial charge is 0.419 e. The van der Waals surface area contributed by atoms with E-state index in [4.69, 9.17) is 9.15 Å². The number of carbonyl (C=O) groups excluding carboxylic acids is 1. The summed E-state index contributed by atoms with van der Waals surface area (Å²) < 4.78 is 12.0. The number of hydrogen-bond donors (Lipinski definition) is 1. The first kappa shape index (κ1) is 18.2. The summed E-state index contributed by atoms with van der Waals surface area (Å²) in [4.78, 5) is 30.8. The predicted octanol–water partition coefficient (Wildman–Crippen LogP) is 1.53. The molecule has 0 atom stereocenters. The van der Waals surface area contributed by atoms with Crippen molar-refractivity contribution in [2.45, 2.75) is 19.5 Å². The molecule has 1 aliphatic heterocycles. The second kappa shape index (κ2) is 8.26. The summed E-state index contributed by atoms with van der Waals surface area (Å²) in [6.07, 6.45) is 1.97. The lowest BCUT2D eigenvalue weighted by Crippen LogP contribution is -2.36. The average molecular weight is 382 g/mol. The van der Waals surface area contributed by atoms with Gasteiger partial charge in [0.25, 0.3) is 0 Å². The number of ether oxygens (including phenoxy) is 1. The Hall–Kier alpha value is -3.13. The van der Waals surface area contributed by atoms with E-state index in [-0.39, 0.29) is 18.9 Å². The van der Waals surface area contributed by atoms with Gasteiger partial charge in [0, 0.05) is 38.8 Å². The molecule has 28 heavy (non-hydrogen) atoms. The Bertz CT molecular complexity index is 1000. The van der Waals surface area contributed by atoms with Gasteiger partial charge in [0.2, 0.25) is 5.91 Å². The highest BCUT2D eigenvalue weighted by Gasteiger charge is 2.13. The highest BCUT2D eigenvalue weighted by molar-refractivity contribution is 5.76. The minimum absolute atomic E-state index is 0.130. The number of benzene rings is 1.